The number of epoxide rings is 2. The standard InChI is InChI=1S/C20H22O6/c1-6-8(2)17(21)23-11-7-9(3)20-14(13-12(11)10(4)18(22)24-13)19(5)15(25-19)16(20)26-20/h6-7,11-16H,4H2,1-3,5H3. The van der Waals surface area contributed by atoms with Gasteiger partial charge in [0.2, 0.25) is 0 Å². The molecule has 3 saturated heterocycles. The highest BCUT2D eigenvalue weighted by Crippen LogP contribution is 2.73. The number of rotatable bonds is 2. The summed E-state index contributed by atoms with van der Waals surface area (Å²) in [6.07, 6.45) is 2.54. The van der Waals surface area contributed by atoms with Crippen LogP contribution in [0.15, 0.2) is 35.5 Å². The first-order chi connectivity index (χ1) is 12.3. The first-order valence-electron chi connectivity index (χ1n) is 9.04. The van der Waals surface area contributed by atoms with Crippen LogP contribution < -0.4 is 0 Å². The molecule has 6 heteroatoms. The molecular formula is C20H22O6. The maximum absolute atomic E-state index is 12.4. The lowest BCUT2D eigenvalue weighted by molar-refractivity contribution is -0.147. The smallest absolute Gasteiger partial charge is 0.334 e. The van der Waals surface area contributed by atoms with E-state index in [1.54, 1.807) is 19.9 Å². The Morgan fingerprint density at radius 3 is 2.77 bits per heavy atom. The van der Waals surface area contributed by atoms with Gasteiger partial charge in [-0.3, -0.25) is 0 Å². The van der Waals surface area contributed by atoms with E-state index in [4.69, 9.17) is 18.9 Å². The number of allylic oxidation sites excluding steroid dienone is 1. The van der Waals surface area contributed by atoms with Gasteiger partial charge < -0.3 is 18.9 Å². The first-order valence-corrected chi connectivity index (χ1v) is 9.04. The monoisotopic (exact) mass is 358 g/mol. The third-order valence-corrected chi connectivity index (χ3v) is 6.90. The summed E-state index contributed by atoms with van der Waals surface area (Å²) in [6.45, 7) is 11.5. The second-order valence-electron chi connectivity index (χ2n) is 8.14. The van der Waals surface area contributed by atoms with Crippen molar-refractivity contribution in [2.75, 3.05) is 0 Å². The number of hydrogen-bond donors (Lipinski definition) is 0. The molecule has 0 amide bonds. The van der Waals surface area contributed by atoms with Crippen LogP contribution in [0.5, 0.6) is 0 Å². The van der Waals surface area contributed by atoms with Crippen LogP contribution in [0.4, 0.5) is 0 Å². The lowest BCUT2D eigenvalue weighted by atomic mass is 9.76. The lowest BCUT2D eigenvalue weighted by Gasteiger charge is -2.32. The Morgan fingerprint density at radius 1 is 1.35 bits per heavy atom. The van der Waals surface area contributed by atoms with Gasteiger partial charge in [-0.15, -0.1) is 0 Å². The van der Waals surface area contributed by atoms with Gasteiger partial charge in [-0.2, -0.15) is 0 Å². The largest absolute Gasteiger partial charge is 0.458 e. The zero-order chi connectivity index (χ0) is 18.6. The van der Waals surface area contributed by atoms with Crippen LogP contribution in [-0.2, 0) is 28.5 Å². The summed E-state index contributed by atoms with van der Waals surface area (Å²) in [5.41, 5.74) is 1.02. The fourth-order valence-corrected chi connectivity index (χ4v) is 5.31. The number of esters is 2. The molecule has 0 radical (unpaired) electrons. The summed E-state index contributed by atoms with van der Waals surface area (Å²) in [6, 6.07) is 0. The van der Waals surface area contributed by atoms with Crippen LogP contribution in [0.25, 0.3) is 0 Å². The molecule has 4 fully saturated rings. The van der Waals surface area contributed by atoms with Crippen molar-refractivity contribution in [3.05, 3.63) is 35.5 Å². The number of carbonyl (C=O) groups excluding carboxylic acids is 2. The van der Waals surface area contributed by atoms with E-state index in [9.17, 15) is 9.59 Å². The molecule has 3 heterocycles. The number of carbonyl (C=O) groups is 2. The summed E-state index contributed by atoms with van der Waals surface area (Å²) in [5, 5.41) is 0. The van der Waals surface area contributed by atoms with E-state index in [2.05, 4.69) is 13.5 Å². The van der Waals surface area contributed by atoms with Crippen molar-refractivity contribution in [1.29, 1.82) is 0 Å². The Labute approximate surface area is 151 Å². The van der Waals surface area contributed by atoms with Crippen molar-refractivity contribution >= 4 is 11.9 Å². The van der Waals surface area contributed by atoms with Gasteiger partial charge in [0.05, 0.1) is 11.8 Å². The molecule has 0 aromatic heterocycles. The molecule has 2 aliphatic carbocycles. The van der Waals surface area contributed by atoms with Gasteiger partial charge in [0.1, 0.15) is 35.6 Å². The lowest BCUT2D eigenvalue weighted by Crippen LogP contribution is -2.45. The van der Waals surface area contributed by atoms with Crippen molar-refractivity contribution in [3.8, 4) is 0 Å². The molecule has 8 atom stereocenters. The van der Waals surface area contributed by atoms with E-state index < -0.39 is 35.7 Å². The summed E-state index contributed by atoms with van der Waals surface area (Å²) in [7, 11) is 0. The van der Waals surface area contributed by atoms with Gasteiger partial charge in [0.15, 0.2) is 0 Å². The summed E-state index contributed by atoms with van der Waals surface area (Å²) >= 11 is 0. The highest BCUT2D eigenvalue weighted by molar-refractivity contribution is 5.92. The van der Waals surface area contributed by atoms with E-state index >= 15 is 0 Å². The molecule has 8 unspecified atom stereocenters. The van der Waals surface area contributed by atoms with E-state index in [0.29, 0.717) is 11.1 Å². The second-order valence-corrected chi connectivity index (χ2v) is 8.14. The zero-order valence-electron chi connectivity index (χ0n) is 15.3. The summed E-state index contributed by atoms with van der Waals surface area (Å²) in [5.74, 6) is -1.39. The van der Waals surface area contributed by atoms with Gasteiger partial charge in [-0.25, -0.2) is 9.59 Å². The van der Waals surface area contributed by atoms with Crippen molar-refractivity contribution in [2.24, 2.45) is 11.8 Å². The van der Waals surface area contributed by atoms with E-state index in [1.807, 2.05) is 13.0 Å². The van der Waals surface area contributed by atoms with Gasteiger partial charge in [-0.1, -0.05) is 12.7 Å². The third kappa shape index (κ3) is 1.70. The highest BCUT2D eigenvalue weighted by Gasteiger charge is 2.89. The zero-order valence-corrected chi connectivity index (χ0v) is 15.3. The predicted molar refractivity (Wildman–Crippen MR) is 90.0 cm³/mol. The number of fused-ring (bicyclic) bond motifs is 5. The van der Waals surface area contributed by atoms with E-state index in [0.717, 1.165) is 5.57 Å². The maximum Gasteiger partial charge on any atom is 0.334 e. The quantitative estimate of drug-likeness (QED) is 0.324. The fourth-order valence-electron chi connectivity index (χ4n) is 5.31. The minimum absolute atomic E-state index is 0.0197. The maximum atomic E-state index is 12.4. The SMILES string of the molecule is C=C1C(=O)OC2C1C(OC(=O)C(C)=CC)C=C(C)C13OC1C1OC1(C)C23. The highest BCUT2D eigenvalue weighted by atomic mass is 16.7. The Kier molecular flexibility index (Phi) is 2.92. The average molecular weight is 358 g/mol. The molecule has 6 nitrogen and oxygen atoms in total. The van der Waals surface area contributed by atoms with Crippen molar-refractivity contribution in [2.45, 2.75) is 63.3 Å². The van der Waals surface area contributed by atoms with E-state index in [-0.39, 0.29) is 23.7 Å². The van der Waals surface area contributed by atoms with Gasteiger partial charge in [0.25, 0.3) is 0 Å². The van der Waals surface area contributed by atoms with Crippen molar-refractivity contribution < 1.29 is 28.5 Å². The normalized spacial score (nSPS) is 50.6. The minimum atomic E-state index is -0.619. The van der Waals surface area contributed by atoms with Crippen LogP contribution in [0, 0.1) is 11.8 Å². The van der Waals surface area contributed by atoms with Crippen LogP contribution in [0.1, 0.15) is 27.7 Å². The molecule has 3 aliphatic heterocycles. The Balaban J connectivity index is 1.59. The van der Waals surface area contributed by atoms with Crippen molar-refractivity contribution in [1.82, 2.24) is 0 Å². The topological polar surface area (TPSA) is 77.7 Å². The molecule has 1 spiro atoms. The molecule has 0 aromatic rings. The first kappa shape index (κ1) is 16.3. The van der Waals surface area contributed by atoms with Gasteiger partial charge >= 0.3 is 11.9 Å². The van der Waals surface area contributed by atoms with Crippen LogP contribution in [0.2, 0.25) is 0 Å². The molecule has 26 heavy (non-hydrogen) atoms. The molecule has 138 valence electrons. The predicted octanol–water partition coefficient (Wildman–Crippen LogP) is 1.85. The molecule has 0 aromatic carbocycles. The number of hydrogen-bond acceptors (Lipinski definition) is 6. The molecule has 0 N–H and O–H groups in total. The molecule has 0 bridgehead atoms. The molecule has 5 rings (SSSR count). The summed E-state index contributed by atoms with van der Waals surface area (Å²) < 4.78 is 23.5. The van der Waals surface area contributed by atoms with Crippen LogP contribution in [-0.4, -0.2) is 47.6 Å². The second kappa shape index (κ2) is 4.67. The number of ether oxygens (including phenoxy) is 4. The van der Waals surface area contributed by atoms with Crippen molar-refractivity contribution in [3.63, 3.8) is 0 Å². The molecule has 5 aliphatic rings. The molecule has 1 saturated carbocycles. The Hall–Kier alpha value is -1.92. The van der Waals surface area contributed by atoms with Crippen LogP contribution >= 0.6 is 0 Å². The minimum Gasteiger partial charge on any atom is -0.458 e. The van der Waals surface area contributed by atoms with Crippen LogP contribution in [0.3, 0.4) is 0 Å². The Morgan fingerprint density at radius 2 is 2.08 bits per heavy atom. The van der Waals surface area contributed by atoms with Gasteiger partial charge in [-0.05, 0) is 39.3 Å². The fraction of sp³-hybridized carbons (Fsp3) is 0.600. The van der Waals surface area contributed by atoms with Gasteiger partial charge in [0, 0.05) is 11.1 Å². The van der Waals surface area contributed by atoms with E-state index in [1.165, 1.54) is 0 Å². The Bertz CT molecular complexity index is 824. The average Bonchev–Trinajstić information content (AvgIpc) is 3.45. The molecular weight excluding hydrogens is 336 g/mol. The summed E-state index contributed by atoms with van der Waals surface area (Å²) in [4.78, 5) is 24.7. The third-order valence-electron chi connectivity index (χ3n) is 6.90.